The predicted octanol–water partition coefficient (Wildman–Crippen LogP) is 1.98. The predicted molar refractivity (Wildman–Crippen MR) is 93.2 cm³/mol. The molecule has 2 aromatic heterocycles. The topological polar surface area (TPSA) is 94.8 Å². The second kappa shape index (κ2) is 6.41. The van der Waals surface area contributed by atoms with Crippen LogP contribution in [-0.2, 0) is 0 Å². The molecule has 1 spiro atoms. The molecule has 0 unspecified atom stereocenters. The van der Waals surface area contributed by atoms with Gasteiger partial charge in [0.2, 0.25) is 0 Å². The summed E-state index contributed by atoms with van der Waals surface area (Å²) in [4.78, 5) is 14.3. The Balaban J connectivity index is 1.28. The van der Waals surface area contributed by atoms with Crippen molar-refractivity contribution in [2.75, 3.05) is 18.0 Å². The van der Waals surface area contributed by atoms with Gasteiger partial charge < -0.3 is 10.2 Å². The fraction of sp³-hybridized carbons (Fsp3) is 0.471. The summed E-state index contributed by atoms with van der Waals surface area (Å²) in [5, 5.41) is 21.7. The molecule has 128 valence electrons. The van der Waals surface area contributed by atoms with Crippen molar-refractivity contribution in [2.45, 2.75) is 31.7 Å². The highest BCUT2D eigenvalue weighted by molar-refractivity contribution is 7.03. The first-order valence-electron chi connectivity index (χ1n) is 8.37. The second-order valence-corrected chi connectivity index (χ2v) is 7.54. The van der Waals surface area contributed by atoms with Gasteiger partial charge in [-0.1, -0.05) is 0 Å². The zero-order chi connectivity index (χ0) is 17.3. The second-order valence-electron chi connectivity index (χ2n) is 6.88. The van der Waals surface area contributed by atoms with Crippen LogP contribution in [0, 0.1) is 16.7 Å². The van der Waals surface area contributed by atoms with Crippen molar-refractivity contribution < 1.29 is 4.79 Å². The van der Waals surface area contributed by atoms with Crippen LogP contribution >= 0.6 is 11.5 Å². The zero-order valence-electron chi connectivity index (χ0n) is 13.7. The molecule has 1 aliphatic carbocycles. The van der Waals surface area contributed by atoms with Gasteiger partial charge in [0.25, 0.3) is 5.91 Å². The van der Waals surface area contributed by atoms with E-state index in [9.17, 15) is 4.79 Å². The molecule has 8 heteroatoms. The molecule has 3 heterocycles. The van der Waals surface area contributed by atoms with E-state index in [4.69, 9.17) is 5.26 Å². The lowest BCUT2D eigenvalue weighted by Crippen LogP contribution is -2.59. The minimum absolute atomic E-state index is 0.0645. The van der Waals surface area contributed by atoms with E-state index >= 15 is 0 Å². The van der Waals surface area contributed by atoms with E-state index in [0.717, 1.165) is 44.6 Å². The van der Waals surface area contributed by atoms with Crippen molar-refractivity contribution in [1.82, 2.24) is 19.9 Å². The summed E-state index contributed by atoms with van der Waals surface area (Å²) < 4.78 is 4.08. The number of nitriles is 1. The molecular weight excluding hydrogens is 336 g/mol. The molecule has 0 bridgehead atoms. The standard InChI is InChI=1S/C17H18N6OS/c18-9-13-1-2-15(21-20-13)23-10-17(11-23)6-3-12(4-7-17)19-16(24)14-5-8-25-22-14/h1-2,5,8,12H,3-4,6-7,10-11H2,(H,19,24). The number of carbonyl (C=O) groups is 1. The third kappa shape index (κ3) is 3.20. The highest BCUT2D eigenvalue weighted by Gasteiger charge is 2.45. The van der Waals surface area contributed by atoms with E-state index in [2.05, 4.69) is 24.8 Å². The summed E-state index contributed by atoms with van der Waals surface area (Å²) in [6.45, 7) is 1.95. The fourth-order valence-corrected chi connectivity index (χ4v) is 4.27. The Kier molecular flexibility index (Phi) is 4.09. The maximum absolute atomic E-state index is 12.1. The van der Waals surface area contributed by atoms with Crippen molar-refractivity contribution in [2.24, 2.45) is 5.41 Å². The van der Waals surface area contributed by atoms with Crippen molar-refractivity contribution in [3.8, 4) is 6.07 Å². The molecular formula is C17H18N6OS. The summed E-state index contributed by atoms with van der Waals surface area (Å²) in [7, 11) is 0. The lowest BCUT2D eigenvalue weighted by atomic mass is 9.67. The van der Waals surface area contributed by atoms with Crippen LogP contribution < -0.4 is 10.2 Å². The van der Waals surface area contributed by atoms with E-state index in [-0.39, 0.29) is 11.9 Å². The van der Waals surface area contributed by atoms with E-state index in [0.29, 0.717) is 16.8 Å². The highest BCUT2D eigenvalue weighted by atomic mass is 32.1. The first-order valence-corrected chi connectivity index (χ1v) is 9.21. The fourth-order valence-electron chi connectivity index (χ4n) is 3.76. The smallest absolute Gasteiger partial charge is 0.271 e. The van der Waals surface area contributed by atoms with Crippen LogP contribution in [0.1, 0.15) is 41.9 Å². The van der Waals surface area contributed by atoms with Gasteiger partial charge in [-0.05, 0) is 55.4 Å². The van der Waals surface area contributed by atoms with E-state index in [1.54, 1.807) is 12.1 Å². The van der Waals surface area contributed by atoms with Crippen LogP contribution in [0.2, 0.25) is 0 Å². The molecule has 1 saturated heterocycles. The summed E-state index contributed by atoms with van der Waals surface area (Å²) in [6, 6.07) is 7.55. The third-order valence-electron chi connectivity index (χ3n) is 5.19. The Labute approximate surface area is 149 Å². The van der Waals surface area contributed by atoms with E-state index in [1.165, 1.54) is 11.5 Å². The molecule has 2 aliphatic rings. The molecule has 0 aromatic carbocycles. The van der Waals surface area contributed by atoms with E-state index in [1.807, 2.05) is 17.5 Å². The summed E-state index contributed by atoms with van der Waals surface area (Å²) in [5.74, 6) is 0.772. The summed E-state index contributed by atoms with van der Waals surface area (Å²) in [5.41, 5.74) is 1.19. The summed E-state index contributed by atoms with van der Waals surface area (Å²) >= 11 is 1.30. The van der Waals surface area contributed by atoms with Crippen LogP contribution in [0.25, 0.3) is 0 Å². The Morgan fingerprint density at radius 3 is 2.68 bits per heavy atom. The average Bonchev–Trinajstić information content (AvgIpc) is 3.16. The highest BCUT2D eigenvalue weighted by Crippen LogP contribution is 2.45. The Morgan fingerprint density at radius 2 is 2.08 bits per heavy atom. The van der Waals surface area contributed by atoms with Crippen molar-refractivity contribution in [1.29, 1.82) is 5.26 Å². The molecule has 0 atom stereocenters. The number of hydrogen-bond acceptors (Lipinski definition) is 7. The van der Waals surface area contributed by atoms with Crippen molar-refractivity contribution in [3.05, 3.63) is 35.0 Å². The number of nitrogens with zero attached hydrogens (tertiary/aromatic N) is 5. The molecule has 2 fully saturated rings. The average molecular weight is 354 g/mol. The Morgan fingerprint density at radius 1 is 1.28 bits per heavy atom. The first-order chi connectivity index (χ1) is 12.2. The van der Waals surface area contributed by atoms with Gasteiger partial charge >= 0.3 is 0 Å². The van der Waals surface area contributed by atoms with Crippen LogP contribution in [0.5, 0.6) is 0 Å². The maximum atomic E-state index is 12.1. The minimum Gasteiger partial charge on any atom is -0.354 e. The van der Waals surface area contributed by atoms with Gasteiger partial charge in [-0.15, -0.1) is 10.2 Å². The maximum Gasteiger partial charge on any atom is 0.271 e. The molecule has 1 aliphatic heterocycles. The minimum atomic E-state index is -0.0645. The monoisotopic (exact) mass is 354 g/mol. The third-order valence-corrected chi connectivity index (χ3v) is 5.75. The number of nitrogens with one attached hydrogen (secondary N) is 1. The van der Waals surface area contributed by atoms with Gasteiger partial charge in [0.15, 0.2) is 11.5 Å². The largest absolute Gasteiger partial charge is 0.354 e. The van der Waals surface area contributed by atoms with Crippen molar-refractivity contribution in [3.63, 3.8) is 0 Å². The lowest BCUT2D eigenvalue weighted by molar-refractivity contribution is 0.0855. The molecule has 2 aromatic rings. The number of anilines is 1. The van der Waals surface area contributed by atoms with Crippen molar-refractivity contribution >= 4 is 23.3 Å². The Bertz CT molecular complexity index is 782. The number of amides is 1. The van der Waals surface area contributed by atoms with Gasteiger partial charge in [-0.25, -0.2) is 0 Å². The molecule has 1 N–H and O–H groups in total. The normalized spacial score (nSPS) is 19.2. The van der Waals surface area contributed by atoms with Gasteiger partial charge in [0, 0.05) is 29.9 Å². The number of hydrogen-bond donors (Lipinski definition) is 1. The van der Waals surface area contributed by atoms with E-state index < -0.39 is 0 Å². The first kappa shape index (κ1) is 16.0. The molecule has 4 rings (SSSR count). The Hall–Kier alpha value is -2.53. The number of rotatable bonds is 3. The van der Waals surface area contributed by atoms with Gasteiger partial charge in [-0.3, -0.25) is 4.79 Å². The van der Waals surface area contributed by atoms with Gasteiger partial charge in [0.1, 0.15) is 11.8 Å². The lowest BCUT2D eigenvalue weighted by Gasteiger charge is -2.53. The molecule has 1 saturated carbocycles. The number of carbonyl (C=O) groups excluding carboxylic acids is 1. The van der Waals surface area contributed by atoms with Crippen LogP contribution in [0.15, 0.2) is 23.6 Å². The molecule has 0 radical (unpaired) electrons. The zero-order valence-corrected chi connectivity index (χ0v) is 14.5. The summed E-state index contributed by atoms with van der Waals surface area (Å²) in [6.07, 6.45) is 4.22. The molecule has 25 heavy (non-hydrogen) atoms. The van der Waals surface area contributed by atoms with Gasteiger partial charge in [0.05, 0.1) is 0 Å². The molecule has 7 nitrogen and oxygen atoms in total. The SMILES string of the molecule is N#Cc1ccc(N2CC3(CCC(NC(=O)c4ccsn4)CC3)C2)nn1. The van der Waals surface area contributed by atoms with Gasteiger partial charge in [-0.2, -0.15) is 9.64 Å². The molecule has 1 amide bonds. The number of aromatic nitrogens is 3. The van der Waals surface area contributed by atoms with Crippen LogP contribution in [0.3, 0.4) is 0 Å². The van der Waals surface area contributed by atoms with Crippen LogP contribution in [-0.4, -0.2) is 39.6 Å². The van der Waals surface area contributed by atoms with Crippen LogP contribution in [0.4, 0.5) is 5.82 Å². The quantitative estimate of drug-likeness (QED) is 0.906.